The number of hydroxylamine groups is 4. The van der Waals surface area contributed by atoms with Crippen molar-refractivity contribution in [3.05, 3.63) is 155 Å². The van der Waals surface area contributed by atoms with Crippen molar-refractivity contribution in [1.29, 1.82) is 0 Å². The Morgan fingerprint density at radius 1 is 0.643 bits per heavy atom. The maximum Gasteiger partial charge on any atom is 0.488 e. The van der Waals surface area contributed by atoms with Gasteiger partial charge in [-0.3, -0.25) is 9.36 Å². The Labute approximate surface area is 423 Å². The molecule has 12 rings (SSSR count). The Morgan fingerprint density at radius 2 is 1.13 bits per heavy atom. The molecule has 20 heteroatoms. The Morgan fingerprint density at radius 3 is 1.60 bits per heavy atom. The summed E-state index contributed by atoms with van der Waals surface area (Å²) in [7, 11) is 5.99. The largest absolute Gasteiger partial charge is 0.488 e. The summed E-state index contributed by atoms with van der Waals surface area (Å²) in [6.07, 6.45) is 7.25. The number of hydrogen-bond acceptors (Lipinski definition) is 12. The lowest BCUT2D eigenvalue weighted by atomic mass is 9.66. The molecule has 6 N–H and O–H groups in total. The van der Waals surface area contributed by atoms with Gasteiger partial charge in [0, 0.05) is 76.1 Å². The summed E-state index contributed by atoms with van der Waals surface area (Å²) in [6, 6.07) is 20.6. The number of guanidine groups is 2. The topological polar surface area (TPSA) is 178 Å². The average Bonchev–Trinajstić information content (AvgIpc) is 4.08. The van der Waals surface area contributed by atoms with Crippen LogP contribution in [0.3, 0.4) is 0 Å². The number of aliphatic imine (C=N–C) groups is 2. The monoisotopic (exact) mass is 1050 g/mol. The van der Waals surface area contributed by atoms with Gasteiger partial charge in [0.25, 0.3) is 0 Å². The lowest BCUT2D eigenvalue weighted by molar-refractivity contribution is -0.224. The van der Waals surface area contributed by atoms with Crippen molar-refractivity contribution >= 4 is 63.6 Å². The fraction of sp³-hybridized carbons (Fsp3) is 0.360. The number of nitrogens with two attached hydrogens (primary N) is 2. The highest BCUT2D eigenvalue weighted by Gasteiger charge is 2.65. The molecule has 14 nitrogen and oxygen atoms in total. The van der Waals surface area contributed by atoms with Crippen molar-refractivity contribution in [3.63, 3.8) is 0 Å². The van der Waals surface area contributed by atoms with Crippen LogP contribution in [0, 0.1) is 36.3 Å². The van der Waals surface area contributed by atoms with E-state index in [0.717, 1.165) is 102 Å². The third kappa shape index (κ3) is 7.81. The van der Waals surface area contributed by atoms with Gasteiger partial charge in [0.1, 0.15) is 11.6 Å². The normalized spacial score (nSPS) is 24.5. The molecular weight excluding hydrogens is 1000 g/mol. The lowest BCUT2D eigenvalue weighted by Gasteiger charge is -2.43. The van der Waals surface area contributed by atoms with Gasteiger partial charge in [0.05, 0.1) is 11.4 Å². The zero-order valence-corrected chi connectivity index (χ0v) is 42.6. The molecule has 4 heterocycles. The van der Waals surface area contributed by atoms with Crippen molar-refractivity contribution in [2.75, 3.05) is 14.1 Å². The quantitative estimate of drug-likeness (QED) is 0.132. The molecule has 0 amide bonds. The fourth-order valence-electron chi connectivity index (χ4n) is 11.9. The highest BCUT2D eigenvalue weighted by Crippen LogP contribution is 2.63. The van der Waals surface area contributed by atoms with Crippen LogP contribution in [0.2, 0.25) is 10.0 Å². The van der Waals surface area contributed by atoms with Gasteiger partial charge in [-0.15, -0.1) is 0 Å². The van der Waals surface area contributed by atoms with Crippen LogP contribution in [-0.4, -0.2) is 72.9 Å². The van der Waals surface area contributed by atoms with Crippen LogP contribution in [0.15, 0.2) is 87.3 Å². The summed E-state index contributed by atoms with van der Waals surface area (Å²) < 4.78 is 31.6. The van der Waals surface area contributed by atoms with E-state index < -0.39 is 24.4 Å². The minimum Gasteiger partial charge on any atom is -0.423 e. The predicted octanol–water partition coefficient (Wildman–Crippen LogP) is 6.99. The van der Waals surface area contributed by atoms with E-state index in [1.807, 2.05) is 36.6 Å². The maximum atomic E-state index is 14.1. The summed E-state index contributed by atoms with van der Waals surface area (Å²) in [4.78, 5) is 22.8. The molecule has 4 spiro atoms. The molecule has 0 fully saturated rings. The van der Waals surface area contributed by atoms with Crippen LogP contribution < -0.4 is 16.9 Å². The van der Waals surface area contributed by atoms with Gasteiger partial charge in [-0.05, 0) is 159 Å². The summed E-state index contributed by atoms with van der Waals surface area (Å²) in [5, 5.41) is 30.2. The molecule has 364 valence electrons. The molecule has 0 saturated heterocycles. The number of hydrogen-bond donors (Lipinski definition) is 4. The average molecular weight is 1060 g/mol. The first-order chi connectivity index (χ1) is 33.2. The van der Waals surface area contributed by atoms with Gasteiger partial charge in [-0.2, -0.15) is 10.2 Å². The number of benzene rings is 4. The number of rotatable bonds is 2. The molecule has 0 bridgehead atoms. The number of aryl methyl sites for hydroxylation is 4. The van der Waals surface area contributed by atoms with Gasteiger partial charge in [0.2, 0.25) is 23.4 Å². The predicted molar refractivity (Wildman–Crippen MR) is 269 cm³/mol. The van der Waals surface area contributed by atoms with Gasteiger partial charge >= 0.3 is 7.12 Å². The number of nitrogens with zero attached hydrogens (tertiary/aromatic N) is 8. The molecule has 2 aliphatic heterocycles. The Bertz CT molecular complexity index is 3150. The van der Waals surface area contributed by atoms with Crippen LogP contribution in [0.1, 0.15) is 69.0 Å². The maximum absolute atomic E-state index is 14.1. The number of halogens is 5. The second-order valence-electron chi connectivity index (χ2n) is 19.3. The van der Waals surface area contributed by atoms with Crippen LogP contribution in [0.25, 0.3) is 11.1 Å². The van der Waals surface area contributed by atoms with Crippen molar-refractivity contribution < 1.29 is 28.5 Å². The third-order valence-corrected chi connectivity index (χ3v) is 16.1. The van der Waals surface area contributed by atoms with Gasteiger partial charge in [-0.1, -0.05) is 57.3 Å². The molecule has 4 aliphatic carbocycles. The first-order valence-corrected chi connectivity index (χ1v) is 24.5. The SMILES string of the molecule is Cc1nn(C)c2c1CC1(CC2)Cc2ccc(-c3cc(F)cc(Cl)c3)cc2C12N=C(N)N(C)O2.Cc1nn(C)c2c1CC1(CC2)Cc2ccc(Br)cc2C12N=C(N)N(C)O2.OB(O)c1cc(F)cc(Cl)c1. The zero-order chi connectivity index (χ0) is 49.8. The van der Waals surface area contributed by atoms with Crippen molar-refractivity contribution in [1.82, 2.24) is 29.7 Å². The van der Waals surface area contributed by atoms with Gasteiger partial charge in [0.15, 0.2) is 0 Å². The van der Waals surface area contributed by atoms with E-state index in [9.17, 15) is 8.78 Å². The van der Waals surface area contributed by atoms with E-state index in [4.69, 9.17) is 64.4 Å². The molecule has 0 saturated carbocycles. The first-order valence-electron chi connectivity index (χ1n) is 23.0. The summed E-state index contributed by atoms with van der Waals surface area (Å²) in [5.41, 5.74) is 23.9. The fourth-order valence-corrected chi connectivity index (χ4v) is 12.7. The molecule has 2 aromatic heterocycles. The summed E-state index contributed by atoms with van der Waals surface area (Å²) in [6.45, 7) is 4.17. The van der Waals surface area contributed by atoms with E-state index >= 15 is 0 Å². The molecule has 4 unspecified atom stereocenters. The molecule has 70 heavy (non-hydrogen) atoms. The Kier molecular flexibility index (Phi) is 12.0. The minimum absolute atomic E-state index is 0.0509. The highest BCUT2D eigenvalue weighted by atomic mass is 79.9. The number of aromatic nitrogens is 4. The van der Waals surface area contributed by atoms with Crippen molar-refractivity contribution in [3.8, 4) is 11.1 Å². The minimum atomic E-state index is -1.68. The molecular formula is C50H52BBrCl2F2N10O4. The van der Waals surface area contributed by atoms with E-state index in [0.29, 0.717) is 16.9 Å². The number of fused-ring (bicyclic) bond motifs is 8. The molecule has 4 aromatic carbocycles. The van der Waals surface area contributed by atoms with E-state index in [-0.39, 0.29) is 27.1 Å². The van der Waals surface area contributed by atoms with Gasteiger partial charge in [-0.25, -0.2) is 38.6 Å². The summed E-state index contributed by atoms with van der Waals surface area (Å²) >= 11 is 15.2. The van der Waals surface area contributed by atoms with E-state index in [1.165, 1.54) is 51.8 Å². The molecule has 0 radical (unpaired) electrons. The Hall–Kier alpha value is -5.34. The van der Waals surface area contributed by atoms with Crippen LogP contribution in [0.5, 0.6) is 0 Å². The zero-order valence-electron chi connectivity index (χ0n) is 39.5. The summed E-state index contributed by atoms with van der Waals surface area (Å²) in [5.74, 6) is -0.156. The smallest absolute Gasteiger partial charge is 0.423 e. The van der Waals surface area contributed by atoms with Gasteiger partial charge < -0.3 is 21.5 Å². The van der Waals surface area contributed by atoms with Crippen LogP contribution >= 0.6 is 39.1 Å². The van der Waals surface area contributed by atoms with Crippen molar-refractivity contribution in [2.24, 2.45) is 46.4 Å². The van der Waals surface area contributed by atoms with Crippen LogP contribution in [0.4, 0.5) is 8.78 Å². The lowest BCUT2D eigenvalue weighted by Crippen LogP contribution is -2.47. The first kappa shape index (κ1) is 48.3. The molecule has 4 atom stereocenters. The molecule has 6 aromatic rings. The highest BCUT2D eigenvalue weighted by molar-refractivity contribution is 9.10. The second-order valence-corrected chi connectivity index (χ2v) is 21.1. The van der Waals surface area contributed by atoms with E-state index in [1.54, 1.807) is 23.2 Å². The van der Waals surface area contributed by atoms with Crippen molar-refractivity contribution in [2.45, 2.75) is 76.7 Å². The van der Waals surface area contributed by atoms with E-state index in [2.05, 4.69) is 70.3 Å². The van der Waals surface area contributed by atoms with Crippen LogP contribution in [-0.2, 0) is 73.7 Å². The third-order valence-electron chi connectivity index (χ3n) is 15.2. The Balaban J connectivity index is 0.000000136. The standard InChI is InChI=1S/C25H25ClFN5O.C19H22BrN5O.C6H5BClFO2/c1-14-20-13-24(7-6-22(20)31(2)30-14)12-16-5-4-15(17-8-18(26)11-19(27)9-17)10-21(16)25(24)29-23(28)32(3)33-25;1-11-14-10-18(7-6-16(14)24(2)23-11)9-12-4-5-13(20)8-15(12)19(18)22-17(21)25(3)26-19;8-5-1-4(7(10)11)2-6(9)3-5/h4-5,8-11H,6-7,12-13H2,1-3H3,(H2,28,29);4-5,8H,6-7,9-10H2,1-3H3,(H2,21,22);1-3,10-11H. The molecule has 6 aliphatic rings. The second kappa shape index (κ2) is 17.5.